The lowest BCUT2D eigenvalue weighted by Gasteiger charge is -2.19. The van der Waals surface area contributed by atoms with Gasteiger partial charge in [0.1, 0.15) is 11.8 Å². The molecule has 0 aliphatic rings. The predicted octanol–water partition coefficient (Wildman–Crippen LogP) is 0.665. The average Bonchev–Trinajstić information content (AvgIpc) is 2.35. The minimum atomic E-state index is -1.26. The lowest BCUT2D eigenvalue weighted by atomic mass is 9.89. The molecule has 0 heterocycles. The molecule has 0 saturated carbocycles. The van der Waals surface area contributed by atoms with Crippen molar-refractivity contribution in [2.45, 2.75) is 18.4 Å². The van der Waals surface area contributed by atoms with E-state index < -0.39 is 23.9 Å². The number of methoxy groups -OCH3 is 1. The molecular weight excluding hydrogens is 238 g/mol. The van der Waals surface area contributed by atoms with Crippen molar-refractivity contribution < 1.29 is 24.5 Å². The first-order valence-corrected chi connectivity index (χ1v) is 5.30. The molecule has 1 rings (SSSR count). The Morgan fingerprint density at radius 2 is 1.83 bits per heavy atom. The van der Waals surface area contributed by atoms with E-state index in [1.165, 1.54) is 7.11 Å². The van der Waals surface area contributed by atoms with Gasteiger partial charge in [0.25, 0.3) is 0 Å². The molecule has 1 aromatic carbocycles. The lowest BCUT2D eigenvalue weighted by Crippen LogP contribution is -2.37. The predicted molar refractivity (Wildman–Crippen MR) is 63.6 cm³/mol. The van der Waals surface area contributed by atoms with Crippen molar-refractivity contribution in [1.82, 2.24) is 0 Å². The van der Waals surface area contributed by atoms with E-state index in [0.29, 0.717) is 11.3 Å². The van der Waals surface area contributed by atoms with Crippen molar-refractivity contribution in [2.24, 2.45) is 5.73 Å². The number of carbonyl (C=O) groups is 2. The first-order valence-electron chi connectivity index (χ1n) is 5.30. The molecule has 0 aromatic heterocycles. The Kier molecular flexibility index (Phi) is 4.67. The van der Waals surface area contributed by atoms with Crippen LogP contribution in [0.4, 0.5) is 0 Å². The molecule has 98 valence electrons. The highest BCUT2D eigenvalue weighted by Crippen LogP contribution is 2.25. The molecule has 0 aliphatic heterocycles. The van der Waals surface area contributed by atoms with Crippen LogP contribution in [-0.2, 0) is 9.59 Å². The summed E-state index contributed by atoms with van der Waals surface area (Å²) in [4.78, 5) is 21.6. The average molecular weight is 253 g/mol. The van der Waals surface area contributed by atoms with Gasteiger partial charge in [-0.25, -0.2) is 0 Å². The molecule has 1 aromatic rings. The maximum absolute atomic E-state index is 10.9. The molecule has 18 heavy (non-hydrogen) atoms. The Morgan fingerprint density at radius 3 is 2.22 bits per heavy atom. The summed E-state index contributed by atoms with van der Waals surface area (Å²) in [6, 6.07) is 5.26. The fourth-order valence-corrected chi connectivity index (χ4v) is 1.66. The van der Waals surface area contributed by atoms with E-state index in [0.717, 1.165) is 0 Å². The molecule has 4 N–H and O–H groups in total. The summed E-state index contributed by atoms with van der Waals surface area (Å²) in [6.07, 6.45) is -0.334. The molecule has 6 nitrogen and oxygen atoms in total. The van der Waals surface area contributed by atoms with Crippen LogP contribution in [0.25, 0.3) is 0 Å². The maximum Gasteiger partial charge on any atom is 0.321 e. The molecule has 0 spiro atoms. The molecule has 0 bridgehead atoms. The summed E-state index contributed by atoms with van der Waals surface area (Å²) in [7, 11) is 1.51. The highest BCUT2D eigenvalue weighted by molar-refractivity contribution is 5.77. The normalized spacial score (nSPS) is 13.7. The second kappa shape index (κ2) is 6.02. The van der Waals surface area contributed by atoms with Crippen LogP contribution in [0.15, 0.2) is 24.3 Å². The Morgan fingerprint density at radius 1 is 1.28 bits per heavy atom. The third-order valence-electron chi connectivity index (χ3n) is 2.66. The van der Waals surface area contributed by atoms with Crippen molar-refractivity contribution >= 4 is 11.9 Å². The van der Waals surface area contributed by atoms with Crippen LogP contribution in [0, 0.1) is 0 Å². The van der Waals surface area contributed by atoms with Gasteiger partial charge in [-0.3, -0.25) is 9.59 Å². The van der Waals surface area contributed by atoms with E-state index in [4.69, 9.17) is 20.7 Å². The minimum Gasteiger partial charge on any atom is -0.497 e. The number of benzene rings is 1. The molecule has 6 heteroatoms. The van der Waals surface area contributed by atoms with Crippen LogP contribution in [0.2, 0.25) is 0 Å². The number of nitrogens with two attached hydrogens (primary N) is 1. The minimum absolute atomic E-state index is 0.334. The monoisotopic (exact) mass is 253 g/mol. The van der Waals surface area contributed by atoms with Crippen molar-refractivity contribution in [1.29, 1.82) is 0 Å². The summed E-state index contributed by atoms with van der Waals surface area (Å²) in [5, 5.41) is 17.7. The molecule has 0 amide bonds. The van der Waals surface area contributed by atoms with Gasteiger partial charge in [0.2, 0.25) is 0 Å². The van der Waals surface area contributed by atoms with Gasteiger partial charge in [0.05, 0.1) is 13.5 Å². The molecule has 0 aliphatic carbocycles. The summed E-state index contributed by atoms with van der Waals surface area (Å²) < 4.78 is 4.97. The summed E-state index contributed by atoms with van der Waals surface area (Å²) in [6.45, 7) is 0. The van der Waals surface area contributed by atoms with Crippen molar-refractivity contribution in [2.75, 3.05) is 7.11 Å². The second-order valence-electron chi connectivity index (χ2n) is 3.84. The van der Waals surface area contributed by atoms with Crippen LogP contribution in [-0.4, -0.2) is 35.3 Å². The molecular formula is C12H15NO5. The van der Waals surface area contributed by atoms with E-state index in [9.17, 15) is 9.59 Å². The summed E-state index contributed by atoms with van der Waals surface area (Å²) in [5.74, 6) is -2.48. The standard InChI is InChI=1S/C12H15NO5/c1-18-8-4-2-7(3-5-8)9(6-10(14)15)11(13)12(16)17/h2-5,9,11H,6,13H2,1H3,(H,14,15)(H,16,17). The number of carboxylic acids is 2. The van der Waals surface area contributed by atoms with Gasteiger partial charge in [-0.05, 0) is 17.7 Å². The fourth-order valence-electron chi connectivity index (χ4n) is 1.66. The van der Waals surface area contributed by atoms with Gasteiger partial charge in [0, 0.05) is 5.92 Å². The zero-order valence-corrected chi connectivity index (χ0v) is 9.87. The second-order valence-corrected chi connectivity index (χ2v) is 3.84. The smallest absolute Gasteiger partial charge is 0.321 e. The molecule has 0 fully saturated rings. The molecule has 2 atom stereocenters. The first-order chi connectivity index (χ1) is 8.45. The zero-order valence-electron chi connectivity index (χ0n) is 9.87. The third-order valence-corrected chi connectivity index (χ3v) is 2.66. The Labute approximate surface area is 104 Å². The topological polar surface area (TPSA) is 110 Å². The van der Waals surface area contributed by atoms with Crippen molar-refractivity contribution in [3.8, 4) is 5.75 Å². The molecule has 0 radical (unpaired) electrons. The fraction of sp³-hybridized carbons (Fsp3) is 0.333. The summed E-state index contributed by atoms with van der Waals surface area (Å²) >= 11 is 0. The van der Waals surface area contributed by atoms with Crippen LogP contribution in [0.1, 0.15) is 17.9 Å². The first kappa shape index (κ1) is 14.0. The van der Waals surface area contributed by atoms with Gasteiger partial charge < -0.3 is 20.7 Å². The van der Waals surface area contributed by atoms with E-state index in [1.807, 2.05) is 0 Å². The number of hydrogen-bond donors (Lipinski definition) is 3. The van der Waals surface area contributed by atoms with E-state index in [2.05, 4.69) is 0 Å². The highest BCUT2D eigenvalue weighted by Gasteiger charge is 2.28. The number of rotatable bonds is 6. The van der Waals surface area contributed by atoms with E-state index in [-0.39, 0.29) is 6.42 Å². The van der Waals surface area contributed by atoms with Crippen LogP contribution in [0.5, 0.6) is 5.75 Å². The lowest BCUT2D eigenvalue weighted by molar-refractivity contribution is -0.140. The highest BCUT2D eigenvalue weighted by atomic mass is 16.5. The van der Waals surface area contributed by atoms with Crippen molar-refractivity contribution in [3.05, 3.63) is 29.8 Å². The Balaban J connectivity index is 3.00. The van der Waals surface area contributed by atoms with Crippen molar-refractivity contribution in [3.63, 3.8) is 0 Å². The third kappa shape index (κ3) is 3.46. The van der Waals surface area contributed by atoms with Crippen LogP contribution < -0.4 is 10.5 Å². The SMILES string of the molecule is COc1ccc(C(CC(=O)O)C(N)C(=O)O)cc1. The Hall–Kier alpha value is -2.08. The van der Waals surface area contributed by atoms with Gasteiger partial charge in [-0.2, -0.15) is 0 Å². The maximum atomic E-state index is 10.9. The number of hydrogen-bond acceptors (Lipinski definition) is 4. The number of carboxylic acid groups (broad SMARTS) is 2. The van der Waals surface area contributed by atoms with E-state index >= 15 is 0 Å². The summed E-state index contributed by atoms with van der Waals surface area (Å²) in [5.41, 5.74) is 6.08. The van der Waals surface area contributed by atoms with Crippen LogP contribution >= 0.6 is 0 Å². The Bertz CT molecular complexity index is 429. The van der Waals surface area contributed by atoms with Crippen LogP contribution in [0.3, 0.4) is 0 Å². The van der Waals surface area contributed by atoms with Gasteiger partial charge in [0.15, 0.2) is 0 Å². The molecule has 2 unspecified atom stereocenters. The van der Waals surface area contributed by atoms with Gasteiger partial charge >= 0.3 is 11.9 Å². The molecule has 0 saturated heterocycles. The largest absolute Gasteiger partial charge is 0.497 e. The number of aliphatic carboxylic acids is 2. The van der Waals surface area contributed by atoms with Gasteiger partial charge in [-0.15, -0.1) is 0 Å². The quantitative estimate of drug-likeness (QED) is 0.687. The number of ether oxygens (including phenoxy) is 1. The van der Waals surface area contributed by atoms with E-state index in [1.54, 1.807) is 24.3 Å². The zero-order chi connectivity index (χ0) is 13.7. The van der Waals surface area contributed by atoms with Gasteiger partial charge in [-0.1, -0.05) is 12.1 Å².